The maximum absolute atomic E-state index is 12.2. The number of carboxylic acids is 1. The maximum Gasteiger partial charge on any atom is 0.547 e. The van der Waals surface area contributed by atoms with E-state index in [1.807, 2.05) is 0 Å². The molecule has 1 aliphatic rings. The smallest absolute Gasteiger partial charge is 0.534 e. The number of nitrogens with two attached hydrogens (primary N) is 1. The predicted octanol–water partition coefficient (Wildman–Crippen LogP) is -1.38. The Morgan fingerprint density at radius 3 is 3.00 bits per heavy atom. The van der Waals surface area contributed by atoms with E-state index in [1.165, 1.54) is 10.7 Å². The number of nitrogens with one attached hydrogen (secondary N) is 1. The van der Waals surface area contributed by atoms with Crippen LogP contribution >= 0.6 is 0 Å². The fraction of sp³-hybridized carbons (Fsp3) is 0.333. The van der Waals surface area contributed by atoms with Gasteiger partial charge in [-0.2, -0.15) is 0 Å². The van der Waals surface area contributed by atoms with Gasteiger partial charge >= 0.3 is 13.1 Å². The van der Waals surface area contributed by atoms with E-state index in [-0.39, 0.29) is 30.2 Å². The summed E-state index contributed by atoms with van der Waals surface area (Å²) in [6, 6.07) is 4.69. The third-order valence-electron chi connectivity index (χ3n) is 3.99. The monoisotopic (exact) mass is 359 g/mol. The number of fused-ring (bicyclic) bond motifs is 1. The highest BCUT2D eigenvalue weighted by molar-refractivity contribution is 6.47. The third-order valence-corrected chi connectivity index (χ3v) is 3.99. The summed E-state index contributed by atoms with van der Waals surface area (Å²) in [5, 5.41) is 29.7. The number of carbonyl (C=O) groups is 2. The highest BCUT2D eigenvalue weighted by Crippen LogP contribution is 2.30. The number of hydrogen-bond acceptors (Lipinski definition) is 7. The van der Waals surface area contributed by atoms with Crippen molar-refractivity contribution in [2.45, 2.75) is 25.3 Å². The molecule has 1 aliphatic heterocycles. The molecule has 0 radical (unpaired) electrons. The molecule has 3 rings (SSSR count). The molecule has 0 fully saturated rings. The number of aromatic carboxylic acids is 1. The molecule has 0 aliphatic carbocycles. The lowest BCUT2D eigenvalue weighted by Gasteiger charge is -2.28. The minimum absolute atomic E-state index is 0.0265. The van der Waals surface area contributed by atoms with Crippen LogP contribution in [-0.4, -0.2) is 56.6 Å². The summed E-state index contributed by atoms with van der Waals surface area (Å²) in [4.78, 5) is 23.4. The summed E-state index contributed by atoms with van der Waals surface area (Å²) in [6.07, 6.45) is 2.45. The van der Waals surface area contributed by atoms with E-state index in [0.29, 0.717) is 24.2 Å². The Hall–Kier alpha value is -2.92. The Labute approximate surface area is 149 Å². The van der Waals surface area contributed by atoms with Crippen LogP contribution in [0.3, 0.4) is 0 Å². The van der Waals surface area contributed by atoms with E-state index in [9.17, 15) is 19.7 Å². The van der Waals surface area contributed by atoms with E-state index < -0.39 is 19.0 Å². The van der Waals surface area contributed by atoms with Gasteiger partial charge in [0.2, 0.25) is 5.91 Å². The molecule has 26 heavy (non-hydrogen) atoms. The van der Waals surface area contributed by atoms with Gasteiger partial charge in [0.15, 0.2) is 0 Å². The van der Waals surface area contributed by atoms with Gasteiger partial charge in [-0.1, -0.05) is 17.3 Å². The molecule has 0 saturated heterocycles. The van der Waals surface area contributed by atoms with Gasteiger partial charge in [-0.3, -0.25) is 4.79 Å². The molecule has 136 valence electrons. The number of carboxylic acid groups (broad SMARTS) is 1. The number of aromatic nitrogens is 3. The molecule has 1 aromatic heterocycles. The Bertz CT molecular complexity index is 827. The zero-order chi connectivity index (χ0) is 18.7. The second-order valence-electron chi connectivity index (χ2n) is 5.93. The Kier molecular flexibility index (Phi) is 5.19. The molecular formula is C15H18BN5O5. The highest BCUT2D eigenvalue weighted by atomic mass is 16.5. The van der Waals surface area contributed by atoms with Crippen molar-refractivity contribution in [3.05, 3.63) is 41.2 Å². The van der Waals surface area contributed by atoms with Crippen LogP contribution in [0.2, 0.25) is 0 Å². The molecule has 2 heterocycles. The van der Waals surface area contributed by atoms with Crippen molar-refractivity contribution in [1.82, 2.24) is 20.3 Å². The number of carbonyl (C=O) groups excluding carboxylic acids is 1. The van der Waals surface area contributed by atoms with E-state index in [2.05, 4.69) is 15.6 Å². The van der Waals surface area contributed by atoms with E-state index in [1.54, 1.807) is 18.3 Å². The van der Waals surface area contributed by atoms with Gasteiger partial charge in [0.05, 0.1) is 17.2 Å². The molecule has 11 heteroatoms. The van der Waals surface area contributed by atoms with Crippen LogP contribution in [0.25, 0.3) is 0 Å². The first-order valence-electron chi connectivity index (χ1n) is 8.06. The summed E-state index contributed by atoms with van der Waals surface area (Å²) in [6.45, 7) is 0.372. The normalized spacial score (nSPS) is 15.9. The van der Waals surface area contributed by atoms with Gasteiger partial charge in [0.1, 0.15) is 12.3 Å². The van der Waals surface area contributed by atoms with Gasteiger partial charge in [-0.05, 0) is 24.6 Å². The summed E-state index contributed by atoms with van der Waals surface area (Å²) < 4.78 is 6.72. The summed E-state index contributed by atoms with van der Waals surface area (Å²) in [5.74, 6) is -2.09. The summed E-state index contributed by atoms with van der Waals surface area (Å²) in [7, 11) is -1.35. The SMILES string of the molecule is NCCc1cn(CC(=O)NC2Cc3cccc(C(=O)O)c3OB2O)nn1. The average Bonchev–Trinajstić information content (AvgIpc) is 3.02. The Morgan fingerprint density at radius 1 is 1.46 bits per heavy atom. The van der Waals surface area contributed by atoms with Crippen LogP contribution in [-0.2, 0) is 24.2 Å². The minimum Gasteiger partial charge on any atom is -0.534 e. The second-order valence-corrected chi connectivity index (χ2v) is 5.93. The van der Waals surface area contributed by atoms with Crippen molar-refractivity contribution >= 4 is 19.0 Å². The van der Waals surface area contributed by atoms with E-state index in [0.717, 1.165) is 0 Å². The van der Waals surface area contributed by atoms with Gasteiger partial charge in [-0.25, -0.2) is 9.48 Å². The lowest BCUT2D eigenvalue weighted by atomic mass is 9.72. The fourth-order valence-corrected chi connectivity index (χ4v) is 2.79. The molecular weight excluding hydrogens is 341 g/mol. The van der Waals surface area contributed by atoms with Crippen molar-refractivity contribution in [2.75, 3.05) is 6.54 Å². The van der Waals surface area contributed by atoms with Crippen molar-refractivity contribution in [2.24, 2.45) is 5.73 Å². The third kappa shape index (κ3) is 3.84. The fourth-order valence-electron chi connectivity index (χ4n) is 2.79. The number of nitrogens with zero attached hydrogens (tertiary/aromatic N) is 3. The number of para-hydroxylation sites is 1. The van der Waals surface area contributed by atoms with Crippen molar-refractivity contribution in [1.29, 1.82) is 0 Å². The van der Waals surface area contributed by atoms with Gasteiger partial charge in [0.25, 0.3) is 0 Å². The lowest BCUT2D eigenvalue weighted by Crippen LogP contribution is -2.53. The molecule has 10 nitrogen and oxygen atoms in total. The van der Waals surface area contributed by atoms with Crippen LogP contribution in [0.5, 0.6) is 5.75 Å². The van der Waals surface area contributed by atoms with Gasteiger partial charge in [-0.15, -0.1) is 5.10 Å². The van der Waals surface area contributed by atoms with Crippen LogP contribution in [0.15, 0.2) is 24.4 Å². The van der Waals surface area contributed by atoms with E-state index in [4.69, 9.17) is 10.4 Å². The molecule has 0 bridgehead atoms. The lowest BCUT2D eigenvalue weighted by molar-refractivity contribution is -0.122. The molecule has 0 spiro atoms. The van der Waals surface area contributed by atoms with Crippen molar-refractivity contribution in [3.63, 3.8) is 0 Å². The maximum atomic E-state index is 12.2. The van der Waals surface area contributed by atoms with Crippen LogP contribution in [0.4, 0.5) is 0 Å². The van der Waals surface area contributed by atoms with E-state index >= 15 is 0 Å². The van der Waals surface area contributed by atoms with Crippen LogP contribution in [0.1, 0.15) is 21.6 Å². The summed E-state index contributed by atoms with van der Waals surface area (Å²) >= 11 is 0. The van der Waals surface area contributed by atoms with Crippen molar-refractivity contribution in [3.8, 4) is 5.75 Å². The molecule has 0 saturated carbocycles. The standard InChI is InChI=1S/C15H18BN5O5/c17-5-4-10-7-21(20-19-10)8-13(22)18-12-6-9-2-1-3-11(15(23)24)14(9)26-16(12)25/h1-3,7,12,25H,4-6,8,17H2,(H,18,22)(H,23,24). The van der Waals surface area contributed by atoms with Crippen LogP contribution in [0, 0.1) is 0 Å². The molecule has 1 amide bonds. The topological polar surface area (TPSA) is 153 Å². The zero-order valence-electron chi connectivity index (χ0n) is 13.8. The predicted molar refractivity (Wildman–Crippen MR) is 90.4 cm³/mol. The minimum atomic E-state index is -1.35. The average molecular weight is 359 g/mol. The number of benzene rings is 1. The number of rotatable bonds is 6. The summed E-state index contributed by atoms with van der Waals surface area (Å²) in [5.41, 5.74) is 6.71. The first kappa shape index (κ1) is 17.9. The molecule has 1 aromatic carbocycles. The first-order chi connectivity index (χ1) is 12.5. The van der Waals surface area contributed by atoms with Crippen LogP contribution < -0.4 is 15.7 Å². The zero-order valence-corrected chi connectivity index (χ0v) is 13.8. The Morgan fingerprint density at radius 2 is 2.27 bits per heavy atom. The number of hydrogen-bond donors (Lipinski definition) is 4. The molecule has 2 aromatic rings. The largest absolute Gasteiger partial charge is 0.547 e. The quantitative estimate of drug-likeness (QED) is 0.460. The van der Waals surface area contributed by atoms with Gasteiger partial charge < -0.3 is 25.8 Å². The first-order valence-corrected chi connectivity index (χ1v) is 8.06. The van der Waals surface area contributed by atoms with Crippen molar-refractivity contribution < 1.29 is 24.4 Å². The second kappa shape index (κ2) is 7.54. The molecule has 1 atom stereocenters. The number of amides is 1. The molecule has 5 N–H and O–H groups in total. The Balaban J connectivity index is 1.66. The van der Waals surface area contributed by atoms with Gasteiger partial charge in [0, 0.05) is 12.6 Å². The molecule has 1 unspecified atom stereocenters. The highest BCUT2D eigenvalue weighted by Gasteiger charge is 2.37.